The number of aliphatic hydroxyl groups is 1. The minimum atomic E-state index is -0.747. The molecule has 0 bridgehead atoms. The van der Waals surface area contributed by atoms with Crippen molar-refractivity contribution in [3.63, 3.8) is 0 Å². The van der Waals surface area contributed by atoms with Crippen LogP contribution in [0.3, 0.4) is 0 Å². The molecule has 1 saturated carbocycles. The molecule has 0 aromatic heterocycles. The molecule has 0 aromatic rings. The molecule has 1 amide bonds. The van der Waals surface area contributed by atoms with Gasteiger partial charge in [-0.05, 0) is 25.7 Å². The maximum atomic E-state index is 12.3. The van der Waals surface area contributed by atoms with E-state index in [2.05, 4.69) is 5.32 Å². The summed E-state index contributed by atoms with van der Waals surface area (Å²) in [6.45, 7) is 0.617. The fourth-order valence-corrected chi connectivity index (χ4v) is 3.15. The molecule has 0 saturated heterocycles. The van der Waals surface area contributed by atoms with Crippen molar-refractivity contribution in [2.24, 2.45) is 5.92 Å². The van der Waals surface area contributed by atoms with E-state index in [0.717, 1.165) is 25.7 Å². The van der Waals surface area contributed by atoms with Gasteiger partial charge in [0.1, 0.15) is 6.10 Å². The number of rotatable bonds is 11. The summed E-state index contributed by atoms with van der Waals surface area (Å²) in [5.41, 5.74) is 0. The molecule has 0 radical (unpaired) electrons. The number of carboxylic acids is 1. The van der Waals surface area contributed by atoms with Gasteiger partial charge in [-0.2, -0.15) is 0 Å². The molecule has 0 heterocycles. The third-order valence-electron chi connectivity index (χ3n) is 4.64. The summed E-state index contributed by atoms with van der Waals surface area (Å²) in [5, 5.41) is 21.5. The summed E-state index contributed by atoms with van der Waals surface area (Å²) in [5.74, 6) is -0.973. The Bertz CT molecular complexity index is 375. The van der Waals surface area contributed by atoms with Gasteiger partial charge in [0.15, 0.2) is 0 Å². The summed E-state index contributed by atoms with van der Waals surface area (Å²) in [6, 6.07) is 0. The Labute approximate surface area is 143 Å². The third kappa shape index (κ3) is 7.15. The van der Waals surface area contributed by atoms with Crippen LogP contribution in [0.15, 0.2) is 0 Å². The average Bonchev–Trinajstić information content (AvgIpc) is 2.56. The molecule has 0 spiro atoms. The maximum Gasteiger partial charge on any atom is 0.303 e. The number of ether oxygens (including phenoxy) is 2. The highest BCUT2D eigenvalue weighted by Crippen LogP contribution is 2.28. The van der Waals surface area contributed by atoms with Crippen LogP contribution in [0.25, 0.3) is 0 Å². The molecule has 2 unspecified atom stereocenters. The lowest BCUT2D eigenvalue weighted by molar-refractivity contribution is -0.145. The summed E-state index contributed by atoms with van der Waals surface area (Å²) < 4.78 is 10.5. The number of amides is 1. The number of methoxy groups -OCH3 is 2. The summed E-state index contributed by atoms with van der Waals surface area (Å²) >= 11 is 0. The van der Waals surface area contributed by atoms with Crippen molar-refractivity contribution in [3.05, 3.63) is 0 Å². The standard InChI is InChI=1S/C17H31NO6/c1-23-13-10-12(11-14(24-2)16(13)21)17(22)18-9-7-5-3-4-6-8-15(19)20/h12-14,16,21H,3-11H2,1-2H3,(H,18,22)(H,19,20). The maximum absolute atomic E-state index is 12.3. The molecule has 0 aromatic carbocycles. The normalized spacial score (nSPS) is 27.0. The van der Waals surface area contributed by atoms with Crippen molar-refractivity contribution < 1.29 is 29.3 Å². The van der Waals surface area contributed by atoms with Gasteiger partial charge in [-0.25, -0.2) is 0 Å². The van der Waals surface area contributed by atoms with Crippen LogP contribution in [0, 0.1) is 5.92 Å². The van der Waals surface area contributed by atoms with Gasteiger partial charge in [0.05, 0.1) is 12.2 Å². The number of carbonyl (C=O) groups excluding carboxylic acids is 1. The second kappa shape index (κ2) is 11.4. The van der Waals surface area contributed by atoms with Gasteiger partial charge >= 0.3 is 5.97 Å². The fourth-order valence-electron chi connectivity index (χ4n) is 3.15. The number of hydrogen-bond acceptors (Lipinski definition) is 5. The Kier molecular flexibility index (Phi) is 9.90. The summed E-state index contributed by atoms with van der Waals surface area (Å²) in [6.07, 6.45) is 4.23. The third-order valence-corrected chi connectivity index (χ3v) is 4.64. The lowest BCUT2D eigenvalue weighted by Crippen LogP contribution is -2.49. The van der Waals surface area contributed by atoms with E-state index in [1.807, 2.05) is 0 Å². The zero-order chi connectivity index (χ0) is 17.9. The monoisotopic (exact) mass is 345 g/mol. The molecule has 1 aliphatic rings. The van der Waals surface area contributed by atoms with Crippen LogP contribution in [-0.2, 0) is 19.1 Å². The molecular weight excluding hydrogens is 314 g/mol. The van der Waals surface area contributed by atoms with Gasteiger partial charge in [0.25, 0.3) is 0 Å². The predicted octanol–water partition coefficient (Wildman–Crippen LogP) is 1.33. The van der Waals surface area contributed by atoms with Gasteiger partial charge in [0.2, 0.25) is 5.91 Å². The molecule has 2 atom stereocenters. The largest absolute Gasteiger partial charge is 0.481 e. The summed E-state index contributed by atoms with van der Waals surface area (Å²) in [7, 11) is 3.07. The summed E-state index contributed by atoms with van der Waals surface area (Å²) in [4.78, 5) is 22.7. The molecule has 24 heavy (non-hydrogen) atoms. The number of hydrogen-bond donors (Lipinski definition) is 3. The first-order valence-electron chi connectivity index (χ1n) is 8.72. The number of unbranched alkanes of at least 4 members (excludes halogenated alkanes) is 4. The van der Waals surface area contributed by atoms with Crippen molar-refractivity contribution in [1.82, 2.24) is 5.32 Å². The van der Waals surface area contributed by atoms with Crippen LogP contribution in [0.2, 0.25) is 0 Å². The van der Waals surface area contributed by atoms with Gasteiger partial charge in [-0.1, -0.05) is 19.3 Å². The Balaban J connectivity index is 2.19. The Morgan fingerprint density at radius 2 is 1.54 bits per heavy atom. The molecule has 7 nitrogen and oxygen atoms in total. The average molecular weight is 345 g/mol. The quantitative estimate of drug-likeness (QED) is 0.488. The molecule has 0 aliphatic heterocycles. The smallest absolute Gasteiger partial charge is 0.303 e. The van der Waals surface area contributed by atoms with E-state index in [4.69, 9.17) is 14.6 Å². The van der Waals surface area contributed by atoms with Crippen LogP contribution >= 0.6 is 0 Å². The van der Waals surface area contributed by atoms with Crippen molar-refractivity contribution in [2.45, 2.75) is 69.7 Å². The lowest BCUT2D eigenvalue weighted by atomic mass is 9.82. The molecule has 3 N–H and O–H groups in total. The van der Waals surface area contributed by atoms with Gasteiger partial charge < -0.3 is 25.0 Å². The number of carboxylic acid groups (broad SMARTS) is 1. The van der Waals surface area contributed by atoms with Crippen LogP contribution in [0.5, 0.6) is 0 Å². The minimum absolute atomic E-state index is 0.0168. The van der Waals surface area contributed by atoms with Crippen molar-refractivity contribution in [1.29, 1.82) is 0 Å². The van der Waals surface area contributed by atoms with E-state index >= 15 is 0 Å². The van der Waals surface area contributed by atoms with Crippen molar-refractivity contribution >= 4 is 11.9 Å². The number of nitrogens with one attached hydrogen (secondary N) is 1. The van der Waals surface area contributed by atoms with Crippen LogP contribution in [0.1, 0.15) is 51.4 Å². The highest BCUT2D eigenvalue weighted by molar-refractivity contribution is 5.78. The highest BCUT2D eigenvalue weighted by atomic mass is 16.5. The molecule has 1 fully saturated rings. The highest BCUT2D eigenvalue weighted by Gasteiger charge is 2.39. The molecule has 1 aliphatic carbocycles. The topological polar surface area (TPSA) is 105 Å². The first-order chi connectivity index (χ1) is 11.5. The van der Waals surface area contributed by atoms with E-state index in [9.17, 15) is 14.7 Å². The van der Waals surface area contributed by atoms with E-state index in [1.165, 1.54) is 14.2 Å². The fraction of sp³-hybridized carbons (Fsp3) is 0.882. The van der Waals surface area contributed by atoms with E-state index in [1.54, 1.807) is 0 Å². The molecular formula is C17H31NO6. The molecule has 140 valence electrons. The Hall–Kier alpha value is -1.18. The van der Waals surface area contributed by atoms with Gasteiger partial charge in [-0.3, -0.25) is 9.59 Å². The van der Waals surface area contributed by atoms with Crippen LogP contribution in [0.4, 0.5) is 0 Å². The molecule has 1 rings (SSSR count). The lowest BCUT2D eigenvalue weighted by Gasteiger charge is -2.37. The first kappa shape index (κ1) is 20.9. The first-order valence-corrected chi connectivity index (χ1v) is 8.72. The van der Waals surface area contributed by atoms with Crippen LogP contribution in [-0.4, -0.2) is 61.2 Å². The second-order valence-electron chi connectivity index (χ2n) is 6.41. The predicted molar refractivity (Wildman–Crippen MR) is 88.7 cm³/mol. The van der Waals surface area contributed by atoms with Crippen molar-refractivity contribution in [3.8, 4) is 0 Å². The van der Waals surface area contributed by atoms with Gasteiger partial charge in [0, 0.05) is 33.1 Å². The Morgan fingerprint density at radius 1 is 1.00 bits per heavy atom. The minimum Gasteiger partial charge on any atom is -0.481 e. The number of carbonyl (C=O) groups is 2. The number of aliphatic hydroxyl groups excluding tert-OH is 1. The number of aliphatic carboxylic acids is 1. The molecule has 7 heteroatoms. The Morgan fingerprint density at radius 3 is 2.08 bits per heavy atom. The van der Waals surface area contributed by atoms with Crippen molar-refractivity contribution in [2.75, 3.05) is 20.8 Å². The SMILES string of the molecule is COC1CC(C(=O)NCCCCCCCC(=O)O)CC(OC)C1O. The van der Waals surface area contributed by atoms with Crippen LogP contribution < -0.4 is 5.32 Å². The van der Waals surface area contributed by atoms with E-state index in [-0.39, 0.29) is 30.5 Å². The second-order valence-corrected chi connectivity index (χ2v) is 6.41. The zero-order valence-corrected chi connectivity index (χ0v) is 14.7. The zero-order valence-electron chi connectivity index (χ0n) is 14.7. The van der Waals surface area contributed by atoms with E-state index < -0.39 is 12.1 Å². The van der Waals surface area contributed by atoms with Gasteiger partial charge in [-0.15, -0.1) is 0 Å². The van der Waals surface area contributed by atoms with E-state index in [0.29, 0.717) is 25.8 Å².